The molecule has 0 radical (unpaired) electrons. The third kappa shape index (κ3) is 4.36. The van der Waals surface area contributed by atoms with E-state index in [4.69, 9.17) is 0 Å². The molecule has 0 bridgehead atoms. The van der Waals surface area contributed by atoms with Crippen molar-refractivity contribution in [1.82, 2.24) is 10.3 Å². The minimum Gasteiger partial charge on any atom is -0.389 e. The van der Waals surface area contributed by atoms with Gasteiger partial charge in [-0.25, -0.2) is 4.39 Å². The molecule has 1 aromatic heterocycles. The third-order valence-electron chi connectivity index (χ3n) is 5.63. The number of alkyl halides is 3. The highest BCUT2D eigenvalue weighted by Gasteiger charge is 2.45. The van der Waals surface area contributed by atoms with E-state index in [9.17, 15) is 27.5 Å². The molecule has 1 aliphatic rings. The van der Waals surface area contributed by atoms with Crippen molar-refractivity contribution in [3.8, 4) is 11.1 Å². The van der Waals surface area contributed by atoms with Crippen molar-refractivity contribution in [2.45, 2.75) is 37.6 Å². The van der Waals surface area contributed by atoms with Gasteiger partial charge in [0, 0.05) is 17.3 Å². The molecule has 166 valence electrons. The van der Waals surface area contributed by atoms with Crippen LogP contribution in [0.4, 0.5) is 17.6 Å². The fraction of sp³-hybridized carbons (Fsp3) is 0.250. The molecule has 0 spiro atoms. The lowest BCUT2D eigenvalue weighted by Gasteiger charge is -2.19. The fourth-order valence-corrected chi connectivity index (χ4v) is 3.68. The van der Waals surface area contributed by atoms with Crippen LogP contribution < -0.4 is 5.32 Å². The number of benzene rings is 2. The van der Waals surface area contributed by atoms with Crippen molar-refractivity contribution in [3.63, 3.8) is 0 Å². The highest BCUT2D eigenvalue weighted by atomic mass is 19.4. The first-order valence-corrected chi connectivity index (χ1v) is 10.0. The van der Waals surface area contributed by atoms with E-state index in [0.29, 0.717) is 16.7 Å². The van der Waals surface area contributed by atoms with Crippen LogP contribution in [0.5, 0.6) is 0 Å². The normalized spacial score (nSPS) is 15.8. The van der Waals surface area contributed by atoms with Crippen LogP contribution in [0.2, 0.25) is 0 Å². The second kappa shape index (κ2) is 8.02. The molecule has 1 saturated carbocycles. The van der Waals surface area contributed by atoms with Crippen LogP contribution in [0.25, 0.3) is 11.1 Å². The van der Waals surface area contributed by atoms with Crippen LogP contribution in [0.15, 0.2) is 60.8 Å². The molecule has 1 heterocycles. The van der Waals surface area contributed by atoms with Crippen LogP contribution in [0.1, 0.15) is 53.0 Å². The molecule has 0 aliphatic heterocycles. The van der Waals surface area contributed by atoms with E-state index in [-0.39, 0.29) is 11.5 Å². The zero-order valence-corrected chi connectivity index (χ0v) is 17.1. The van der Waals surface area contributed by atoms with E-state index < -0.39 is 29.3 Å². The van der Waals surface area contributed by atoms with Crippen LogP contribution in [-0.2, 0) is 11.7 Å². The molecule has 2 N–H and O–H groups in total. The summed E-state index contributed by atoms with van der Waals surface area (Å²) in [6.07, 6.45) is -3.13. The predicted octanol–water partition coefficient (Wildman–Crippen LogP) is 5.38. The van der Waals surface area contributed by atoms with Gasteiger partial charge in [-0.05, 0) is 66.8 Å². The first-order chi connectivity index (χ1) is 15.1. The lowest BCUT2D eigenvalue weighted by molar-refractivity contribution is -0.141. The minimum absolute atomic E-state index is 0.130. The summed E-state index contributed by atoms with van der Waals surface area (Å²) in [5.41, 5.74) is 0.753. The van der Waals surface area contributed by atoms with Gasteiger partial charge in [-0.2, -0.15) is 13.2 Å². The van der Waals surface area contributed by atoms with Crippen LogP contribution >= 0.6 is 0 Å². The van der Waals surface area contributed by atoms with Gasteiger partial charge in [0.05, 0.1) is 11.6 Å². The van der Waals surface area contributed by atoms with Gasteiger partial charge < -0.3 is 10.4 Å². The number of carbonyl (C=O) groups is 1. The SMILES string of the molecule is C[C@H](O)c1cc(C(F)(F)F)ncc1-c1ccc(C2(NC(=O)c3ccc(F)cc3)CC2)cc1. The molecule has 8 heteroatoms. The Hall–Kier alpha value is -3.26. The molecule has 4 rings (SSSR count). The molecule has 1 aliphatic carbocycles. The zero-order chi connectivity index (χ0) is 23.1. The summed E-state index contributed by atoms with van der Waals surface area (Å²) in [6.45, 7) is 1.40. The molecule has 0 saturated heterocycles. The molecule has 32 heavy (non-hydrogen) atoms. The Kier molecular flexibility index (Phi) is 5.50. The second-order valence-corrected chi connectivity index (χ2v) is 7.95. The van der Waals surface area contributed by atoms with Gasteiger partial charge in [0.15, 0.2) is 0 Å². The molecule has 4 nitrogen and oxygen atoms in total. The monoisotopic (exact) mass is 444 g/mol. The Labute approximate surface area is 181 Å². The predicted molar refractivity (Wildman–Crippen MR) is 110 cm³/mol. The number of hydrogen-bond donors (Lipinski definition) is 2. The number of hydrogen-bond acceptors (Lipinski definition) is 3. The second-order valence-electron chi connectivity index (χ2n) is 7.95. The molecule has 1 atom stereocenters. The van der Waals surface area contributed by atoms with E-state index in [0.717, 1.165) is 30.7 Å². The summed E-state index contributed by atoms with van der Waals surface area (Å²) >= 11 is 0. The van der Waals surface area contributed by atoms with Gasteiger partial charge in [-0.15, -0.1) is 0 Å². The van der Waals surface area contributed by atoms with Crippen molar-refractivity contribution in [2.24, 2.45) is 0 Å². The molecule has 3 aromatic rings. The number of nitrogens with zero attached hydrogens (tertiary/aromatic N) is 1. The first-order valence-electron chi connectivity index (χ1n) is 10.0. The number of amides is 1. The van der Waals surface area contributed by atoms with Crippen molar-refractivity contribution in [1.29, 1.82) is 0 Å². The number of carbonyl (C=O) groups excluding carboxylic acids is 1. The van der Waals surface area contributed by atoms with Gasteiger partial charge in [-0.1, -0.05) is 24.3 Å². The minimum atomic E-state index is -4.60. The van der Waals surface area contributed by atoms with Crippen LogP contribution in [0, 0.1) is 5.82 Å². The van der Waals surface area contributed by atoms with Gasteiger partial charge in [-0.3, -0.25) is 9.78 Å². The van der Waals surface area contributed by atoms with E-state index in [1.807, 2.05) is 0 Å². The van der Waals surface area contributed by atoms with Gasteiger partial charge in [0.25, 0.3) is 5.91 Å². The zero-order valence-electron chi connectivity index (χ0n) is 17.1. The highest BCUT2D eigenvalue weighted by molar-refractivity contribution is 5.95. The Morgan fingerprint density at radius 2 is 1.72 bits per heavy atom. The number of aliphatic hydroxyl groups excluding tert-OH is 1. The quantitative estimate of drug-likeness (QED) is 0.520. The van der Waals surface area contributed by atoms with Gasteiger partial charge >= 0.3 is 6.18 Å². The first kappa shape index (κ1) is 22.0. The number of aromatic nitrogens is 1. The van der Waals surface area contributed by atoms with Crippen LogP contribution in [0.3, 0.4) is 0 Å². The molecule has 1 fully saturated rings. The van der Waals surface area contributed by atoms with Crippen molar-refractivity contribution >= 4 is 5.91 Å². The summed E-state index contributed by atoms with van der Waals surface area (Å²) in [5, 5.41) is 13.0. The molecule has 2 aromatic carbocycles. The molecule has 0 unspecified atom stereocenters. The molecule has 1 amide bonds. The van der Waals surface area contributed by atoms with Gasteiger partial charge in [0.1, 0.15) is 11.5 Å². The lowest BCUT2D eigenvalue weighted by atomic mass is 9.95. The van der Waals surface area contributed by atoms with Gasteiger partial charge in [0.2, 0.25) is 0 Å². The summed E-state index contributed by atoms with van der Waals surface area (Å²) in [7, 11) is 0. The Morgan fingerprint density at radius 3 is 2.25 bits per heavy atom. The number of aliphatic hydroxyl groups is 1. The van der Waals surface area contributed by atoms with E-state index in [1.165, 1.54) is 31.2 Å². The molecular formula is C24H20F4N2O2. The summed E-state index contributed by atoms with van der Waals surface area (Å²) < 4.78 is 52.1. The maximum Gasteiger partial charge on any atom is 0.433 e. The standard InChI is InChI=1S/C24H20F4N2O2/c1-14(31)19-12-21(24(26,27)28)29-13-20(19)15-2-6-17(7-3-15)23(10-11-23)30-22(32)16-4-8-18(25)9-5-16/h2-9,12-14,31H,10-11H2,1H3,(H,30,32)/t14-/m0/s1. The van der Waals surface area contributed by atoms with E-state index in [2.05, 4.69) is 10.3 Å². The van der Waals surface area contributed by atoms with E-state index in [1.54, 1.807) is 24.3 Å². The summed E-state index contributed by atoms with van der Waals surface area (Å²) in [4.78, 5) is 16.1. The number of nitrogens with one attached hydrogen (secondary N) is 1. The average Bonchev–Trinajstić information content (AvgIpc) is 3.53. The van der Waals surface area contributed by atoms with E-state index >= 15 is 0 Å². The summed E-state index contributed by atoms with van der Waals surface area (Å²) in [5.74, 6) is -0.734. The number of halogens is 4. The van der Waals surface area contributed by atoms with Crippen molar-refractivity contribution < 1.29 is 27.5 Å². The summed E-state index contributed by atoms with van der Waals surface area (Å²) in [6, 6.07) is 13.2. The highest BCUT2D eigenvalue weighted by Crippen LogP contribution is 2.46. The fourth-order valence-electron chi connectivity index (χ4n) is 3.68. The molecular weight excluding hydrogens is 424 g/mol. The smallest absolute Gasteiger partial charge is 0.389 e. The lowest BCUT2D eigenvalue weighted by Crippen LogP contribution is -2.34. The largest absolute Gasteiger partial charge is 0.433 e. The van der Waals surface area contributed by atoms with Crippen LogP contribution in [-0.4, -0.2) is 16.0 Å². The number of rotatable bonds is 5. The average molecular weight is 444 g/mol. The Morgan fingerprint density at radius 1 is 1.09 bits per heavy atom. The topological polar surface area (TPSA) is 62.2 Å². The number of pyridine rings is 1. The van der Waals surface area contributed by atoms with Crippen molar-refractivity contribution in [2.75, 3.05) is 0 Å². The Balaban J connectivity index is 1.58. The maximum atomic E-state index is 13.1. The van der Waals surface area contributed by atoms with Crippen molar-refractivity contribution in [3.05, 3.63) is 89.0 Å². The Bertz CT molecular complexity index is 1140. The maximum absolute atomic E-state index is 13.1. The third-order valence-corrected chi connectivity index (χ3v) is 5.63.